The Labute approximate surface area is 123 Å². The fraction of sp³-hybridized carbons (Fsp3) is 0.111. The summed E-state index contributed by atoms with van der Waals surface area (Å²) in [5, 5.41) is 4.12. The van der Waals surface area contributed by atoms with Crippen LogP contribution in [0.5, 0.6) is 0 Å². The first-order valence-corrected chi connectivity index (χ1v) is 6.71. The first-order valence-electron chi connectivity index (χ1n) is 6.71. The molecule has 0 aliphatic carbocycles. The smallest absolute Gasteiger partial charge is 0.149 e. The molecule has 2 aromatic heterocycles. The van der Waals surface area contributed by atoms with Gasteiger partial charge in [-0.25, -0.2) is 4.98 Å². The third-order valence-electron chi connectivity index (χ3n) is 3.11. The Morgan fingerprint density at radius 1 is 0.905 bits per heavy atom. The van der Waals surface area contributed by atoms with E-state index in [1.807, 2.05) is 62.4 Å². The topological polar surface area (TPSA) is 38.9 Å². The van der Waals surface area contributed by atoms with Gasteiger partial charge >= 0.3 is 0 Å². The predicted octanol–water partition coefficient (Wildman–Crippen LogP) is 3.75. The van der Waals surface area contributed by atoms with E-state index in [-0.39, 0.29) is 0 Å². The van der Waals surface area contributed by atoms with Gasteiger partial charge in [0.2, 0.25) is 0 Å². The van der Waals surface area contributed by atoms with Crippen LogP contribution in [0.3, 0.4) is 0 Å². The lowest BCUT2D eigenvalue weighted by Crippen LogP contribution is -1.86. The Balaban J connectivity index is 2.03. The molecule has 3 heteroatoms. The lowest BCUT2D eigenvalue weighted by molar-refractivity contribution is 0.399. The van der Waals surface area contributed by atoms with Gasteiger partial charge < -0.3 is 4.52 Å². The number of rotatable bonds is 1. The van der Waals surface area contributed by atoms with Gasteiger partial charge in [-0.2, -0.15) is 0 Å². The Morgan fingerprint density at radius 3 is 2.48 bits per heavy atom. The number of hydrogen-bond acceptors (Lipinski definition) is 3. The zero-order valence-electron chi connectivity index (χ0n) is 11.9. The normalized spacial score (nSPS) is 10.0. The molecular formula is C18H14N2O. The Kier molecular flexibility index (Phi) is 3.53. The van der Waals surface area contributed by atoms with Gasteiger partial charge in [-0.1, -0.05) is 47.5 Å². The minimum atomic E-state index is 0.717. The van der Waals surface area contributed by atoms with Gasteiger partial charge in [0.15, 0.2) is 0 Å². The highest BCUT2D eigenvalue weighted by Crippen LogP contribution is 2.24. The van der Waals surface area contributed by atoms with E-state index in [4.69, 9.17) is 4.52 Å². The number of hydrogen-bond donors (Lipinski definition) is 0. The number of aromatic nitrogens is 2. The minimum Gasteiger partial charge on any atom is -0.360 e. The fourth-order valence-corrected chi connectivity index (χ4v) is 2.05. The van der Waals surface area contributed by atoms with Crippen LogP contribution in [0.4, 0.5) is 0 Å². The molecule has 0 radical (unpaired) electrons. The SMILES string of the molecule is Cc1cccc(C#Cc2c(-c3ccccc3)noc2C)n1. The van der Waals surface area contributed by atoms with Crippen LogP contribution >= 0.6 is 0 Å². The van der Waals surface area contributed by atoms with E-state index >= 15 is 0 Å². The van der Waals surface area contributed by atoms with Crippen molar-refractivity contribution in [1.82, 2.24) is 10.1 Å². The van der Waals surface area contributed by atoms with Crippen LogP contribution in [-0.2, 0) is 0 Å². The molecule has 0 saturated heterocycles. The van der Waals surface area contributed by atoms with Gasteiger partial charge in [0.25, 0.3) is 0 Å². The molecular weight excluding hydrogens is 260 g/mol. The number of nitrogens with zero attached hydrogens (tertiary/aromatic N) is 2. The van der Waals surface area contributed by atoms with Crippen LogP contribution in [0.15, 0.2) is 53.1 Å². The molecule has 0 fully saturated rings. The van der Waals surface area contributed by atoms with E-state index in [1.54, 1.807) is 0 Å². The molecule has 2 heterocycles. The molecule has 0 spiro atoms. The maximum absolute atomic E-state index is 5.29. The summed E-state index contributed by atoms with van der Waals surface area (Å²) in [6.07, 6.45) is 0. The van der Waals surface area contributed by atoms with Gasteiger partial charge in [0.05, 0.1) is 5.56 Å². The highest BCUT2D eigenvalue weighted by Gasteiger charge is 2.12. The molecule has 0 N–H and O–H groups in total. The molecule has 3 aromatic rings. The van der Waals surface area contributed by atoms with Crippen LogP contribution in [0.25, 0.3) is 11.3 Å². The van der Waals surface area contributed by atoms with Crippen LogP contribution in [0, 0.1) is 25.7 Å². The monoisotopic (exact) mass is 274 g/mol. The van der Waals surface area contributed by atoms with Gasteiger partial charge in [-0.3, -0.25) is 0 Å². The average molecular weight is 274 g/mol. The summed E-state index contributed by atoms with van der Waals surface area (Å²) in [6.45, 7) is 3.82. The summed E-state index contributed by atoms with van der Waals surface area (Å²) in [5.74, 6) is 6.93. The second-order valence-corrected chi connectivity index (χ2v) is 4.74. The largest absolute Gasteiger partial charge is 0.360 e. The summed E-state index contributed by atoms with van der Waals surface area (Å²) in [6, 6.07) is 15.7. The van der Waals surface area contributed by atoms with Crippen LogP contribution in [0.2, 0.25) is 0 Å². The quantitative estimate of drug-likeness (QED) is 0.634. The first kappa shape index (κ1) is 13.1. The molecule has 102 valence electrons. The predicted molar refractivity (Wildman–Crippen MR) is 81.6 cm³/mol. The summed E-state index contributed by atoms with van der Waals surface area (Å²) in [5.41, 5.74) is 4.27. The van der Waals surface area contributed by atoms with Crippen LogP contribution in [0.1, 0.15) is 22.7 Å². The molecule has 0 bridgehead atoms. The lowest BCUT2D eigenvalue weighted by atomic mass is 10.1. The molecule has 0 unspecified atom stereocenters. The number of aryl methyl sites for hydroxylation is 2. The number of benzene rings is 1. The van der Waals surface area contributed by atoms with Crippen molar-refractivity contribution >= 4 is 0 Å². The summed E-state index contributed by atoms with van der Waals surface area (Å²) >= 11 is 0. The maximum atomic E-state index is 5.29. The first-order chi connectivity index (χ1) is 10.2. The summed E-state index contributed by atoms with van der Waals surface area (Å²) < 4.78 is 5.29. The Hall–Kier alpha value is -2.86. The second kappa shape index (κ2) is 5.64. The Morgan fingerprint density at radius 2 is 1.71 bits per heavy atom. The molecule has 0 aliphatic rings. The van der Waals surface area contributed by atoms with Gasteiger partial charge in [0, 0.05) is 11.3 Å². The van der Waals surface area contributed by atoms with Gasteiger partial charge in [-0.15, -0.1) is 0 Å². The van der Waals surface area contributed by atoms with Gasteiger partial charge in [-0.05, 0) is 31.9 Å². The molecule has 0 amide bonds. The zero-order chi connectivity index (χ0) is 14.7. The van der Waals surface area contributed by atoms with E-state index in [9.17, 15) is 0 Å². The fourth-order valence-electron chi connectivity index (χ4n) is 2.05. The van der Waals surface area contributed by atoms with Crippen molar-refractivity contribution in [2.75, 3.05) is 0 Å². The molecule has 3 nitrogen and oxygen atoms in total. The minimum absolute atomic E-state index is 0.717. The van der Waals surface area contributed by atoms with Crippen LogP contribution < -0.4 is 0 Å². The van der Waals surface area contributed by atoms with Crippen molar-refractivity contribution in [2.45, 2.75) is 13.8 Å². The van der Waals surface area contributed by atoms with Crippen molar-refractivity contribution in [3.63, 3.8) is 0 Å². The molecule has 0 aliphatic heterocycles. The highest BCUT2D eigenvalue weighted by molar-refractivity contribution is 5.68. The van der Waals surface area contributed by atoms with E-state index in [2.05, 4.69) is 22.0 Å². The van der Waals surface area contributed by atoms with E-state index in [0.29, 0.717) is 5.76 Å². The highest BCUT2D eigenvalue weighted by atomic mass is 16.5. The second-order valence-electron chi connectivity index (χ2n) is 4.74. The molecule has 0 saturated carbocycles. The van der Waals surface area contributed by atoms with E-state index in [1.165, 1.54) is 0 Å². The third-order valence-corrected chi connectivity index (χ3v) is 3.11. The molecule has 21 heavy (non-hydrogen) atoms. The van der Waals surface area contributed by atoms with Crippen molar-refractivity contribution in [1.29, 1.82) is 0 Å². The molecule has 0 atom stereocenters. The van der Waals surface area contributed by atoms with Crippen molar-refractivity contribution in [3.8, 4) is 23.1 Å². The van der Waals surface area contributed by atoms with Crippen molar-refractivity contribution < 1.29 is 4.52 Å². The summed E-state index contributed by atoms with van der Waals surface area (Å²) in [4.78, 5) is 4.38. The summed E-state index contributed by atoms with van der Waals surface area (Å²) in [7, 11) is 0. The standard InChI is InChI=1S/C18H14N2O/c1-13-7-6-10-16(19-13)11-12-17-14(2)21-20-18(17)15-8-4-3-5-9-15/h3-10H,1-2H3. The van der Waals surface area contributed by atoms with E-state index in [0.717, 1.165) is 28.2 Å². The van der Waals surface area contributed by atoms with E-state index < -0.39 is 0 Å². The van der Waals surface area contributed by atoms with Crippen molar-refractivity contribution in [3.05, 3.63) is 71.2 Å². The van der Waals surface area contributed by atoms with Crippen LogP contribution in [-0.4, -0.2) is 10.1 Å². The zero-order valence-corrected chi connectivity index (χ0v) is 11.9. The van der Waals surface area contributed by atoms with Gasteiger partial charge in [0.1, 0.15) is 17.1 Å². The maximum Gasteiger partial charge on any atom is 0.149 e. The third kappa shape index (κ3) is 2.85. The Bertz CT molecular complexity index is 823. The molecule has 1 aromatic carbocycles. The number of pyridine rings is 1. The average Bonchev–Trinajstić information content (AvgIpc) is 2.87. The lowest BCUT2D eigenvalue weighted by Gasteiger charge is -1.96. The van der Waals surface area contributed by atoms with Crippen molar-refractivity contribution in [2.24, 2.45) is 0 Å². The molecule has 3 rings (SSSR count).